The Morgan fingerprint density at radius 3 is 3.00 bits per heavy atom. The molecule has 2 N–H and O–H groups in total. The van der Waals surface area contributed by atoms with Gasteiger partial charge in [0.15, 0.2) is 0 Å². The third kappa shape index (κ3) is 6.14. The summed E-state index contributed by atoms with van der Waals surface area (Å²) in [6.07, 6.45) is -0.685. The van der Waals surface area contributed by atoms with E-state index in [0.29, 0.717) is 19.7 Å². The Bertz CT molecular complexity index is 384. The lowest BCUT2D eigenvalue weighted by atomic mass is 10.2. The Labute approximate surface area is 115 Å². The van der Waals surface area contributed by atoms with Gasteiger partial charge in [0.25, 0.3) is 0 Å². The summed E-state index contributed by atoms with van der Waals surface area (Å²) in [7, 11) is 0. The van der Waals surface area contributed by atoms with Crippen LogP contribution in [0.5, 0.6) is 0 Å². The molecule has 1 aromatic carbocycles. The van der Waals surface area contributed by atoms with Gasteiger partial charge in [-0.1, -0.05) is 28.1 Å². The SMILES string of the molecule is CCOC(=O)CC(O)CNCc1cccc(Br)c1. The number of hydrogen-bond acceptors (Lipinski definition) is 4. The van der Waals surface area contributed by atoms with Crippen molar-refractivity contribution >= 4 is 21.9 Å². The van der Waals surface area contributed by atoms with E-state index < -0.39 is 6.10 Å². The lowest BCUT2D eigenvalue weighted by Gasteiger charge is -2.11. The highest BCUT2D eigenvalue weighted by molar-refractivity contribution is 9.10. The van der Waals surface area contributed by atoms with Crippen molar-refractivity contribution in [1.29, 1.82) is 0 Å². The van der Waals surface area contributed by atoms with Crippen LogP contribution in [0.25, 0.3) is 0 Å². The number of carbonyl (C=O) groups excluding carboxylic acids is 1. The van der Waals surface area contributed by atoms with Crippen LogP contribution < -0.4 is 5.32 Å². The minimum atomic E-state index is -0.712. The molecular weight excluding hydrogens is 298 g/mol. The van der Waals surface area contributed by atoms with E-state index >= 15 is 0 Å². The van der Waals surface area contributed by atoms with E-state index in [1.807, 2.05) is 24.3 Å². The van der Waals surface area contributed by atoms with Gasteiger partial charge in [-0.05, 0) is 24.6 Å². The fourth-order valence-corrected chi connectivity index (χ4v) is 1.96. The molecule has 1 atom stereocenters. The first-order valence-corrected chi connectivity index (χ1v) is 6.70. The quantitative estimate of drug-likeness (QED) is 0.754. The topological polar surface area (TPSA) is 58.6 Å². The van der Waals surface area contributed by atoms with Crippen molar-refractivity contribution in [3.8, 4) is 0 Å². The average molecular weight is 316 g/mol. The number of hydrogen-bond donors (Lipinski definition) is 2. The zero-order valence-electron chi connectivity index (χ0n) is 10.4. The minimum absolute atomic E-state index is 0.0271. The van der Waals surface area contributed by atoms with E-state index in [2.05, 4.69) is 21.2 Å². The van der Waals surface area contributed by atoms with E-state index in [1.54, 1.807) is 6.92 Å². The van der Waals surface area contributed by atoms with Crippen molar-refractivity contribution in [2.45, 2.75) is 26.0 Å². The van der Waals surface area contributed by atoms with E-state index in [4.69, 9.17) is 4.74 Å². The van der Waals surface area contributed by atoms with Crippen LogP contribution in [0.2, 0.25) is 0 Å². The highest BCUT2D eigenvalue weighted by atomic mass is 79.9. The molecule has 0 aliphatic heterocycles. The molecule has 1 aromatic rings. The van der Waals surface area contributed by atoms with Crippen molar-refractivity contribution in [3.05, 3.63) is 34.3 Å². The summed E-state index contributed by atoms with van der Waals surface area (Å²) in [4.78, 5) is 11.1. The second kappa shape index (κ2) is 8.24. The number of nitrogens with one attached hydrogen (secondary N) is 1. The molecule has 0 aliphatic carbocycles. The largest absolute Gasteiger partial charge is 0.466 e. The van der Waals surface area contributed by atoms with Gasteiger partial charge in [0.05, 0.1) is 19.1 Å². The van der Waals surface area contributed by atoms with Gasteiger partial charge < -0.3 is 15.2 Å². The first-order valence-electron chi connectivity index (χ1n) is 5.90. The zero-order valence-corrected chi connectivity index (χ0v) is 11.9. The van der Waals surface area contributed by atoms with E-state index in [-0.39, 0.29) is 12.4 Å². The van der Waals surface area contributed by atoms with Crippen LogP contribution in [-0.4, -0.2) is 30.3 Å². The molecule has 0 saturated carbocycles. The third-order valence-corrected chi connectivity index (χ3v) is 2.80. The molecule has 0 heterocycles. The summed E-state index contributed by atoms with van der Waals surface area (Å²) in [6, 6.07) is 7.91. The molecule has 0 spiro atoms. The smallest absolute Gasteiger partial charge is 0.308 e. The van der Waals surface area contributed by atoms with Gasteiger partial charge in [-0.2, -0.15) is 0 Å². The maximum atomic E-state index is 11.1. The van der Waals surface area contributed by atoms with Gasteiger partial charge in [0.1, 0.15) is 0 Å². The number of aliphatic hydroxyl groups is 1. The molecular formula is C13H18BrNO3. The predicted molar refractivity (Wildman–Crippen MR) is 73.1 cm³/mol. The lowest BCUT2D eigenvalue weighted by molar-refractivity contribution is -0.145. The molecule has 5 heteroatoms. The molecule has 18 heavy (non-hydrogen) atoms. The fourth-order valence-electron chi connectivity index (χ4n) is 1.51. The number of halogens is 1. The van der Waals surface area contributed by atoms with Gasteiger partial charge in [-0.25, -0.2) is 0 Å². The van der Waals surface area contributed by atoms with Crippen molar-refractivity contribution in [2.75, 3.05) is 13.2 Å². The Kier molecular flexibility index (Phi) is 6.93. The summed E-state index contributed by atoms with van der Waals surface area (Å²) >= 11 is 3.39. The molecule has 4 nitrogen and oxygen atoms in total. The van der Waals surface area contributed by atoms with Crippen LogP contribution in [0.4, 0.5) is 0 Å². The second-order valence-electron chi connectivity index (χ2n) is 3.92. The Morgan fingerprint density at radius 2 is 2.33 bits per heavy atom. The number of aliphatic hydroxyl groups excluding tert-OH is 1. The van der Waals surface area contributed by atoms with Crippen LogP contribution >= 0.6 is 15.9 Å². The van der Waals surface area contributed by atoms with Gasteiger partial charge in [-0.3, -0.25) is 4.79 Å². The zero-order chi connectivity index (χ0) is 13.4. The first kappa shape index (κ1) is 15.1. The minimum Gasteiger partial charge on any atom is -0.466 e. The summed E-state index contributed by atoms with van der Waals surface area (Å²) in [6.45, 7) is 3.11. The van der Waals surface area contributed by atoms with Crippen LogP contribution in [0.15, 0.2) is 28.7 Å². The first-order chi connectivity index (χ1) is 8.61. The van der Waals surface area contributed by atoms with E-state index in [9.17, 15) is 9.90 Å². The van der Waals surface area contributed by atoms with Crippen molar-refractivity contribution in [1.82, 2.24) is 5.32 Å². The molecule has 1 unspecified atom stereocenters. The lowest BCUT2D eigenvalue weighted by Crippen LogP contribution is -2.29. The number of rotatable bonds is 7. The van der Waals surface area contributed by atoms with E-state index in [0.717, 1.165) is 10.0 Å². The third-order valence-electron chi connectivity index (χ3n) is 2.31. The Hall–Kier alpha value is -0.910. The molecule has 100 valence electrons. The number of esters is 1. The van der Waals surface area contributed by atoms with Crippen molar-refractivity contribution < 1.29 is 14.6 Å². The maximum absolute atomic E-state index is 11.1. The molecule has 1 rings (SSSR count). The van der Waals surface area contributed by atoms with Gasteiger partial charge in [0.2, 0.25) is 0 Å². The van der Waals surface area contributed by atoms with Crippen LogP contribution in [0.3, 0.4) is 0 Å². The predicted octanol–water partition coefficient (Wildman–Crippen LogP) is 1.85. The second-order valence-corrected chi connectivity index (χ2v) is 4.84. The molecule has 0 aliphatic rings. The highest BCUT2D eigenvalue weighted by Crippen LogP contribution is 2.11. The van der Waals surface area contributed by atoms with Gasteiger partial charge >= 0.3 is 5.97 Å². The molecule has 0 amide bonds. The summed E-state index contributed by atoms with van der Waals surface area (Å²) in [5.74, 6) is -0.366. The molecule has 0 saturated heterocycles. The maximum Gasteiger partial charge on any atom is 0.308 e. The van der Waals surface area contributed by atoms with Crippen molar-refractivity contribution in [3.63, 3.8) is 0 Å². The van der Waals surface area contributed by atoms with Crippen LogP contribution in [-0.2, 0) is 16.1 Å². The molecule has 0 aromatic heterocycles. The van der Waals surface area contributed by atoms with Crippen LogP contribution in [0.1, 0.15) is 18.9 Å². The Balaban J connectivity index is 2.23. The number of ether oxygens (including phenoxy) is 1. The monoisotopic (exact) mass is 315 g/mol. The van der Waals surface area contributed by atoms with E-state index in [1.165, 1.54) is 0 Å². The number of benzene rings is 1. The molecule has 0 bridgehead atoms. The summed E-state index contributed by atoms with van der Waals surface area (Å²) < 4.78 is 5.78. The van der Waals surface area contributed by atoms with Gasteiger partial charge in [0, 0.05) is 17.6 Å². The molecule has 0 radical (unpaired) electrons. The highest BCUT2D eigenvalue weighted by Gasteiger charge is 2.10. The fraction of sp³-hybridized carbons (Fsp3) is 0.462. The summed E-state index contributed by atoms with van der Waals surface area (Å²) in [5, 5.41) is 12.7. The van der Waals surface area contributed by atoms with Crippen LogP contribution in [0, 0.1) is 0 Å². The van der Waals surface area contributed by atoms with Crippen molar-refractivity contribution in [2.24, 2.45) is 0 Å². The average Bonchev–Trinajstić information content (AvgIpc) is 2.29. The molecule has 0 fully saturated rings. The van der Waals surface area contributed by atoms with Gasteiger partial charge in [-0.15, -0.1) is 0 Å². The summed E-state index contributed by atoms with van der Waals surface area (Å²) in [5.41, 5.74) is 1.12. The number of carbonyl (C=O) groups is 1. The Morgan fingerprint density at radius 1 is 1.56 bits per heavy atom. The normalized spacial score (nSPS) is 12.2. The standard InChI is InChI=1S/C13H18BrNO3/c1-2-18-13(17)7-12(16)9-15-8-10-4-3-5-11(14)6-10/h3-6,12,15-16H,2,7-9H2,1H3.